The van der Waals surface area contributed by atoms with Crippen molar-refractivity contribution in [2.45, 2.75) is 45.4 Å². The number of phenols is 1. The van der Waals surface area contributed by atoms with E-state index in [1.807, 2.05) is 0 Å². The number of aromatic hydroxyl groups is 1. The van der Waals surface area contributed by atoms with E-state index in [4.69, 9.17) is 9.94 Å². The van der Waals surface area contributed by atoms with Crippen molar-refractivity contribution in [3.63, 3.8) is 0 Å². The van der Waals surface area contributed by atoms with Gasteiger partial charge in [-0.05, 0) is 31.0 Å². The van der Waals surface area contributed by atoms with Gasteiger partial charge in [0.1, 0.15) is 11.5 Å². The molecule has 1 rings (SSSR count). The molecule has 0 saturated carbocycles. The van der Waals surface area contributed by atoms with Crippen LogP contribution < -0.4 is 4.74 Å². The molecule has 0 heterocycles. The van der Waals surface area contributed by atoms with Crippen LogP contribution in [0.4, 0.5) is 0 Å². The van der Waals surface area contributed by atoms with Crippen molar-refractivity contribution >= 4 is 5.71 Å². The quantitative estimate of drug-likeness (QED) is 0.324. The van der Waals surface area contributed by atoms with E-state index in [-0.39, 0.29) is 5.75 Å². The summed E-state index contributed by atoms with van der Waals surface area (Å²) in [5.41, 5.74) is 1.05. The first-order valence-electron chi connectivity index (χ1n) is 6.81. The molecule has 4 heteroatoms. The van der Waals surface area contributed by atoms with Crippen LogP contribution in [0.5, 0.6) is 11.5 Å². The zero-order chi connectivity index (χ0) is 14.1. The van der Waals surface area contributed by atoms with Crippen molar-refractivity contribution in [3.05, 3.63) is 23.8 Å². The molecular weight excluding hydrogens is 242 g/mol. The number of hydrogen-bond acceptors (Lipinski definition) is 4. The van der Waals surface area contributed by atoms with Gasteiger partial charge >= 0.3 is 0 Å². The molecule has 1 aromatic carbocycles. The van der Waals surface area contributed by atoms with Gasteiger partial charge in [0.25, 0.3) is 0 Å². The zero-order valence-electron chi connectivity index (χ0n) is 11.7. The van der Waals surface area contributed by atoms with Gasteiger partial charge in [-0.2, -0.15) is 0 Å². The average Bonchev–Trinajstić information content (AvgIpc) is 2.44. The van der Waals surface area contributed by atoms with Crippen molar-refractivity contribution < 1.29 is 15.1 Å². The summed E-state index contributed by atoms with van der Waals surface area (Å²) in [6.45, 7) is 2.18. The van der Waals surface area contributed by atoms with Crippen LogP contribution in [0.15, 0.2) is 23.4 Å². The monoisotopic (exact) mass is 265 g/mol. The fraction of sp³-hybridized carbons (Fsp3) is 0.533. The smallest absolute Gasteiger partial charge is 0.125 e. The van der Waals surface area contributed by atoms with Gasteiger partial charge < -0.3 is 15.1 Å². The highest BCUT2D eigenvalue weighted by molar-refractivity contribution is 6.02. The second kappa shape index (κ2) is 8.40. The van der Waals surface area contributed by atoms with Gasteiger partial charge in [0, 0.05) is 5.56 Å². The van der Waals surface area contributed by atoms with Crippen LogP contribution in [0.2, 0.25) is 0 Å². The van der Waals surface area contributed by atoms with E-state index in [0.29, 0.717) is 23.4 Å². The molecule has 106 valence electrons. The normalized spacial score (nSPS) is 11.6. The van der Waals surface area contributed by atoms with Gasteiger partial charge in [-0.1, -0.05) is 37.8 Å². The summed E-state index contributed by atoms with van der Waals surface area (Å²) < 4.78 is 5.11. The maximum atomic E-state index is 9.83. The third kappa shape index (κ3) is 4.81. The summed E-state index contributed by atoms with van der Waals surface area (Å²) in [5.74, 6) is 0.752. The molecule has 0 atom stereocenters. The van der Waals surface area contributed by atoms with E-state index in [1.54, 1.807) is 25.3 Å². The molecule has 0 spiro atoms. The summed E-state index contributed by atoms with van der Waals surface area (Å²) in [6, 6.07) is 4.92. The number of benzene rings is 1. The number of ether oxygens (including phenoxy) is 1. The van der Waals surface area contributed by atoms with E-state index < -0.39 is 0 Å². The molecule has 0 bridgehead atoms. The molecule has 4 nitrogen and oxygen atoms in total. The third-order valence-corrected chi connectivity index (χ3v) is 3.15. The minimum Gasteiger partial charge on any atom is -0.507 e. The Balaban J connectivity index is 2.64. The van der Waals surface area contributed by atoms with Crippen LogP contribution >= 0.6 is 0 Å². The molecule has 0 radical (unpaired) electrons. The van der Waals surface area contributed by atoms with Crippen molar-refractivity contribution in [3.8, 4) is 11.5 Å². The Kier molecular flexibility index (Phi) is 6.79. The zero-order valence-corrected chi connectivity index (χ0v) is 11.7. The lowest BCUT2D eigenvalue weighted by atomic mass is 10.0. The Hall–Kier alpha value is -1.71. The van der Waals surface area contributed by atoms with Gasteiger partial charge in [0.15, 0.2) is 0 Å². The lowest BCUT2D eigenvalue weighted by molar-refractivity contribution is 0.317. The van der Waals surface area contributed by atoms with Gasteiger partial charge in [-0.25, -0.2) is 0 Å². The SMILES string of the molecule is CCCCCCCC(=NO)c1cc(OC)ccc1O. The van der Waals surface area contributed by atoms with E-state index in [0.717, 1.165) is 12.8 Å². The highest BCUT2D eigenvalue weighted by Gasteiger charge is 2.11. The van der Waals surface area contributed by atoms with Gasteiger partial charge in [-0.15, -0.1) is 0 Å². The number of rotatable bonds is 8. The van der Waals surface area contributed by atoms with Crippen LogP contribution in [0, 0.1) is 0 Å². The van der Waals surface area contributed by atoms with Crippen molar-refractivity contribution in [2.24, 2.45) is 5.16 Å². The molecule has 0 aliphatic rings. The number of phenolic OH excluding ortho intramolecular Hbond substituents is 1. The van der Waals surface area contributed by atoms with Gasteiger partial charge in [-0.3, -0.25) is 0 Å². The largest absolute Gasteiger partial charge is 0.507 e. The van der Waals surface area contributed by atoms with Crippen LogP contribution in [0.1, 0.15) is 51.0 Å². The van der Waals surface area contributed by atoms with Crippen LogP contribution in [0.25, 0.3) is 0 Å². The Morgan fingerprint density at radius 1 is 1.21 bits per heavy atom. The van der Waals surface area contributed by atoms with Crippen molar-refractivity contribution in [1.82, 2.24) is 0 Å². The lowest BCUT2D eigenvalue weighted by Crippen LogP contribution is -2.02. The Bertz CT molecular complexity index is 416. The second-order valence-corrected chi connectivity index (χ2v) is 4.59. The summed E-state index contributed by atoms with van der Waals surface area (Å²) in [4.78, 5) is 0. The third-order valence-electron chi connectivity index (χ3n) is 3.15. The first kappa shape index (κ1) is 15.3. The fourth-order valence-corrected chi connectivity index (χ4v) is 2.01. The van der Waals surface area contributed by atoms with Gasteiger partial charge in [0.2, 0.25) is 0 Å². The summed E-state index contributed by atoms with van der Waals surface area (Å²) >= 11 is 0. The lowest BCUT2D eigenvalue weighted by Gasteiger charge is -2.09. The summed E-state index contributed by atoms with van der Waals surface area (Å²) in [6.07, 6.45) is 6.35. The molecular formula is C15H23NO3. The van der Waals surface area contributed by atoms with E-state index >= 15 is 0 Å². The van der Waals surface area contributed by atoms with Crippen LogP contribution in [-0.4, -0.2) is 23.1 Å². The molecule has 0 aromatic heterocycles. The number of unbranched alkanes of at least 4 members (excludes halogenated alkanes) is 4. The molecule has 0 saturated heterocycles. The highest BCUT2D eigenvalue weighted by Crippen LogP contribution is 2.25. The number of hydrogen-bond donors (Lipinski definition) is 2. The number of oxime groups is 1. The second-order valence-electron chi connectivity index (χ2n) is 4.59. The minimum absolute atomic E-state index is 0.113. The molecule has 0 aliphatic carbocycles. The standard InChI is InChI=1S/C15H23NO3/c1-3-4-5-6-7-8-14(16-18)13-11-12(19-2)9-10-15(13)17/h9-11,17-18H,3-8H2,1-2H3. The number of methoxy groups -OCH3 is 1. The predicted octanol–water partition coefficient (Wildman–Crippen LogP) is 3.94. The van der Waals surface area contributed by atoms with E-state index in [1.165, 1.54) is 19.3 Å². The number of nitrogens with zero attached hydrogens (tertiary/aromatic N) is 1. The molecule has 0 fully saturated rings. The van der Waals surface area contributed by atoms with E-state index in [9.17, 15) is 5.11 Å². The predicted molar refractivity (Wildman–Crippen MR) is 76.4 cm³/mol. The molecule has 0 unspecified atom stereocenters. The Labute approximate surface area is 114 Å². The molecule has 0 amide bonds. The Morgan fingerprint density at radius 3 is 2.58 bits per heavy atom. The van der Waals surface area contributed by atoms with Gasteiger partial charge in [0.05, 0.1) is 12.8 Å². The maximum Gasteiger partial charge on any atom is 0.125 e. The first-order chi connectivity index (χ1) is 9.22. The minimum atomic E-state index is 0.113. The average molecular weight is 265 g/mol. The van der Waals surface area contributed by atoms with Crippen LogP contribution in [0.3, 0.4) is 0 Å². The van der Waals surface area contributed by atoms with Crippen molar-refractivity contribution in [2.75, 3.05) is 7.11 Å². The molecule has 19 heavy (non-hydrogen) atoms. The topological polar surface area (TPSA) is 62.1 Å². The summed E-state index contributed by atoms with van der Waals surface area (Å²) in [7, 11) is 1.57. The van der Waals surface area contributed by atoms with E-state index in [2.05, 4.69) is 12.1 Å². The first-order valence-corrected chi connectivity index (χ1v) is 6.81. The highest BCUT2D eigenvalue weighted by atomic mass is 16.5. The molecule has 2 N–H and O–H groups in total. The van der Waals surface area contributed by atoms with Crippen molar-refractivity contribution in [1.29, 1.82) is 0 Å². The molecule has 0 aliphatic heterocycles. The van der Waals surface area contributed by atoms with Crippen LogP contribution in [-0.2, 0) is 0 Å². The molecule has 1 aromatic rings. The Morgan fingerprint density at radius 2 is 1.95 bits per heavy atom. The summed E-state index contributed by atoms with van der Waals surface area (Å²) in [5, 5.41) is 22.2. The maximum absolute atomic E-state index is 9.83. The fourth-order valence-electron chi connectivity index (χ4n) is 2.01.